The average Bonchev–Trinajstić information content (AvgIpc) is 3.01. The van der Waals surface area contributed by atoms with Crippen molar-refractivity contribution in [3.8, 4) is 0 Å². The molecule has 4 aromatic rings. The van der Waals surface area contributed by atoms with Crippen LogP contribution in [0.2, 0.25) is 0 Å². The summed E-state index contributed by atoms with van der Waals surface area (Å²) in [6.07, 6.45) is 0. The molecular formula is C32H31N7O2+2. The average molecular weight is 546 g/mol. The van der Waals surface area contributed by atoms with Crippen LogP contribution in [0, 0.1) is 6.57 Å². The van der Waals surface area contributed by atoms with E-state index in [4.69, 9.17) is 11.3 Å². The summed E-state index contributed by atoms with van der Waals surface area (Å²) in [6, 6.07) is 31.1. The molecule has 0 amide bonds. The number of anilines is 2. The number of rotatable bonds is 4. The van der Waals surface area contributed by atoms with E-state index in [-0.39, 0.29) is 5.97 Å². The van der Waals surface area contributed by atoms with Gasteiger partial charge in [-0.15, -0.1) is 0 Å². The van der Waals surface area contributed by atoms with Crippen molar-refractivity contribution in [1.29, 1.82) is 0 Å². The highest BCUT2D eigenvalue weighted by atomic mass is 16.5. The fraction of sp³-hybridized carbons (Fsp3) is 0.188. The van der Waals surface area contributed by atoms with E-state index >= 15 is 0 Å². The minimum absolute atomic E-state index is 0.319. The molecule has 0 N–H and O–H groups in total. The van der Waals surface area contributed by atoms with Gasteiger partial charge in [-0.3, -0.25) is 0 Å². The largest absolute Gasteiger partial charge is 0.462 e. The minimum atomic E-state index is -0.319. The highest BCUT2D eigenvalue weighted by Crippen LogP contribution is 2.37. The third-order valence-electron chi connectivity index (χ3n) is 6.65. The third kappa shape index (κ3) is 6.12. The molecule has 0 saturated heterocycles. The quantitative estimate of drug-likeness (QED) is 0.149. The second-order valence-corrected chi connectivity index (χ2v) is 9.56. The van der Waals surface area contributed by atoms with Gasteiger partial charge in [-0.2, -0.15) is 0 Å². The van der Waals surface area contributed by atoms with Crippen LogP contribution < -0.4 is 9.80 Å². The fourth-order valence-corrected chi connectivity index (χ4v) is 4.61. The van der Waals surface area contributed by atoms with E-state index in [1.807, 2.05) is 108 Å². The number of nitrogens with zero attached hydrogens (tertiary/aromatic N) is 7. The standard InChI is InChI=1S/C17H18N3O2.C15H13N4/c1-3-22-17(21)13-9-10-16-15(11-13)18-20(12-19(16)2)14-7-5-4-6-8-14;1-16-12-8-9-15-14(10-12)17-19(11-18(15)2)13-6-4-3-5-7-13/h4-11H,3,12H2,1-2H3;3-10H,11H2,2H3/q2*+1. The summed E-state index contributed by atoms with van der Waals surface area (Å²) in [4.78, 5) is 19.6. The van der Waals surface area contributed by atoms with Crippen molar-refractivity contribution in [2.45, 2.75) is 6.92 Å². The van der Waals surface area contributed by atoms with Crippen LogP contribution in [0.4, 0.5) is 39.8 Å². The van der Waals surface area contributed by atoms with Crippen LogP contribution in [0.15, 0.2) is 107 Å². The Hall–Kier alpha value is -5.36. The molecule has 0 unspecified atom stereocenters. The maximum absolute atomic E-state index is 11.9. The molecule has 41 heavy (non-hydrogen) atoms. The molecule has 2 aliphatic heterocycles. The number of hydrogen-bond donors (Lipinski definition) is 0. The number of carbonyl (C=O) groups excluding carboxylic acids is 1. The summed E-state index contributed by atoms with van der Waals surface area (Å²) >= 11 is 0. The maximum atomic E-state index is 11.9. The van der Waals surface area contributed by atoms with Crippen LogP contribution in [0.3, 0.4) is 0 Å². The molecule has 0 bridgehead atoms. The second-order valence-electron chi connectivity index (χ2n) is 9.56. The Labute approximate surface area is 239 Å². The second kappa shape index (κ2) is 12.2. The van der Waals surface area contributed by atoms with Crippen LogP contribution in [0.1, 0.15) is 17.3 Å². The number of esters is 1. The van der Waals surface area contributed by atoms with Gasteiger partial charge in [0, 0.05) is 48.6 Å². The molecule has 2 aliphatic rings. The van der Waals surface area contributed by atoms with Gasteiger partial charge in [-0.05, 0) is 37.3 Å². The Morgan fingerprint density at radius 1 is 0.805 bits per heavy atom. The molecule has 2 heterocycles. The van der Waals surface area contributed by atoms with Gasteiger partial charge in [0.2, 0.25) is 11.4 Å². The summed E-state index contributed by atoms with van der Waals surface area (Å²) in [5, 5.41) is 9.28. The highest BCUT2D eigenvalue weighted by Gasteiger charge is 2.25. The molecule has 9 nitrogen and oxygen atoms in total. The van der Waals surface area contributed by atoms with Crippen molar-refractivity contribution in [2.24, 2.45) is 10.2 Å². The summed E-state index contributed by atoms with van der Waals surface area (Å²) in [6.45, 7) is 10.6. The summed E-state index contributed by atoms with van der Waals surface area (Å²) in [7, 11) is 4.04. The number of benzene rings is 4. The number of carbonyl (C=O) groups is 1. The Morgan fingerprint density at radius 2 is 1.32 bits per heavy atom. The summed E-state index contributed by atoms with van der Waals surface area (Å²) < 4.78 is 8.90. The minimum Gasteiger partial charge on any atom is -0.462 e. The Morgan fingerprint density at radius 3 is 1.83 bits per heavy atom. The SMILES string of the molecule is CCOC(=O)c1ccc2c(c1)N=[N+](c1ccccc1)CN2C.[C-]#[N+]c1ccc2c(c1)N=[N+](c1ccccc1)CN2C. The molecule has 0 aliphatic carbocycles. The van der Waals surface area contributed by atoms with Crippen LogP contribution >= 0.6 is 0 Å². The number of hydrogen-bond acceptors (Lipinski definition) is 6. The lowest BCUT2D eigenvalue weighted by atomic mass is 10.1. The Bertz CT molecular complexity index is 1660. The smallest absolute Gasteiger partial charge is 0.338 e. The number of para-hydroxylation sites is 2. The topological polar surface area (TPSA) is 67.9 Å². The third-order valence-corrected chi connectivity index (χ3v) is 6.65. The number of azo groups is 4. The molecule has 204 valence electrons. The molecule has 0 radical (unpaired) electrons. The van der Waals surface area contributed by atoms with Crippen molar-refractivity contribution in [3.63, 3.8) is 0 Å². The first kappa shape index (κ1) is 27.2. The normalized spacial score (nSPS) is 13.4. The number of ether oxygens (including phenoxy) is 1. The first-order chi connectivity index (χ1) is 20.0. The van der Waals surface area contributed by atoms with E-state index in [0.717, 1.165) is 34.1 Å². The van der Waals surface area contributed by atoms with E-state index in [1.165, 1.54) is 0 Å². The van der Waals surface area contributed by atoms with Crippen molar-refractivity contribution < 1.29 is 18.9 Å². The molecule has 4 aromatic carbocycles. The first-order valence-corrected chi connectivity index (χ1v) is 13.3. The van der Waals surface area contributed by atoms with E-state index in [0.29, 0.717) is 31.2 Å². The van der Waals surface area contributed by atoms with Gasteiger partial charge in [0.1, 0.15) is 5.69 Å². The van der Waals surface area contributed by atoms with Crippen LogP contribution in [0.25, 0.3) is 4.85 Å². The fourth-order valence-electron chi connectivity index (χ4n) is 4.61. The van der Waals surface area contributed by atoms with Gasteiger partial charge >= 0.3 is 5.97 Å². The molecule has 0 aromatic heterocycles. The van der Waals surface area contributed by atoms with Gasteiger partial charge in [0.05, 0.1) is 30.1 Å². The first-order valence-electron chi connectivity index (χ1n) is 13.3. The van der Waals surface area contributed by atoms with E-state index in [9.17, 15) is 4.79 Å². The lowest BCUT2D eigenvalue weighted by Gasteiger charge is -2.21. The van der Waals surface area contributed by atoms with Crippen LogP contribution in [-0.4, -0.2) is 49.4 Å². The predicted molar refractivity (Wildman–Crippen MR) is 159 cm³/mol. The monoisotopic (exact) mass is 545 g/mol. The molecular weight excluding hydrogens is 514 g/mol. The van der Waals surface area contributed by atoms with Gasteiger partial charge in [-0.1, -0.05) is 51.9 Å². The van der Waals surface area contributed by atoms with E-state index < -0.39 is 0 Å². The van der Waals surface area contributed by atoms with Crippen molar-refractivity contribution in [1.82, 2.24) is 0 Å². The summed E-state index contributed by atoms with van der Waals surface area (Å²) in [5.74, 6) is -0.319. The van der Waals surface area contributed by atoms with Crippen molar-refractivity contribution >= 4 is 45.8 Å². The summed E-state index contributed by atoms with van der Waals surface area (Å²) in [5.41, 5.74) is 6.86. The van der Waals surface area contributed by atoms with Gasteiger partial charge in [0.25, 0.3) is 13.3 Å². The predicted octanol–water partition coefficient (Wildman–Crippen LogP) is 7.77. The molecule has 0 atom stereocenters. The van der Waals surface area contributed by atoms with Gasteiger partial charge in [-0.25, -0.2) is 9.64 Å². The maximum Gasteiger partial charge on any atom is 0.338 e. The Balaban J connectivity index is 0.000000166. The molecule has 0 fully saturated rings. The van der Waals surface area contributed by atoms with Gasteiger partial charge < -0.3 is 14.5 Å². The Kier molecular flexibility index (Phi) is 8.11. The zero-order chi connectivity index (χ0) is 28.8. The number of fused-ring (bicyclic) bond motifs is 2. The van der Waals surface area contributed by atoms with E-state index in [2.05, 4.69) is 24.9 Å². The van der Waals surface area contributed by atoms with Crippen LogP contribution in [0.5, 0.6) is 0 Å². The lowest BCUT2D eigenvalue weighted by molar-refractivity contribution is -0.509. The van der Waals surface area contributed by atoms with Crippen molar-refractivity contribution in [3.05, 3.63) is 114 Å². The zero-order valence-corrected chi connectivity index (χ0v) is 23.3. The molecule has 0 saturated carbocycles. The molecule has 9 heteroatoms. The van der Waals surface area contributed by atoms with Crippen LogP contribution in [-0.2, 0) is 4.74 Å². The molecule has 6 rings (SSSR count). The highest BCUT2D eigenvalue weighted by molar-refractivity contribution is 5.92. The van der Waals surface area contributed by atoms with E-state index in [1.54, 1.807) is 19.1 Å². The molecule has 0 spiro atoms. The van der Waals surface area contributed by atoms with Gasteiger partial charge in [0.15, 0.2) is 11.4 Å². The van der Waals surface area contributed by atoms with Crippen molar-refractivity contribution in [2.75, 3.05) is 43.8 Å². The zero-order valence-electron chi connectivity index (χ0n) is 23.3. The lowest BCUT2D eigenvalue weighted by Crippen LogP contribution is -2.28.